The molecule has 1 aliphatic rings. The predicted molar refractivity (Wildman–Crippen MR) is 105 cm³/mol. The van der Waals surface area contributed by atoms with Crippen LogP contribution in [0.3, 0.4) is 0 Å². The third kappa shape index (κ3) is 4.91. The summed E-state index contributed by atoms with van der Waals surface area (Å²) in [5.74, 6) is -0.619. The van der Waals surface area contributed by atoms with Gasteiger partial charge in [0.05, 0.1) is 13.2 Å². The molecule has 1 aliphatic carbocycles. The van der Waals surface area contributed by atoms with Gasteiger partial charge in [0.15, 0.2) is 18.1 Å². The second kappa shape index (κ2) is 9.08. The van der Waals surface area contributed by atoms with E-state index in [1.807, 2.05) is 18.2 Å². The highest BCUT2D eigenvalue weighted by Crippen LogP contribution is 2.29. The van der Waals surface area contributed by atoms with Crippen LogP contribution in [0.5, 0.6) is 11.5 Å². The summed E-state index contributed by atoms with van der Waals surface area (Å²) < 4.78 is 10.0. The van der Waals surface area contributed by atoms with Crippen molar-refractivity contribution in [1.29, 1.82) is 0 Å². The number of fused-ring (bicyclic) bond motifs is 1. The maximum Gasteiger partial charge on any atom is 0.331 e. The number of nitrogens with one attached hydrogen (secondary N) is 1. The number of esters is 1. The molecule has 0 aliphatic heterocycles. The van der Waals surface area contributed by atoms with Gasteiger partial charge in [0.25, 0.3) is 5.91 Å². The first-order chi connectivity index (χ1) is 13.6. The highest BCUT2D eigenvalue weighted by atomic mass is 16.5. The molecule has 146 valence electrons. The van der Waals surface area contributed by atoms with Crippen LogP contribution in [0.4, 0.5) is 0 Å². The molecule has 0 fully saturated rings. The van der Waals surface area contributed by atoms with Crippen LogP contribution >= 0.6 is 0 Å². The van der Waals surface area contributed by atoms with Crippen LogP contribution < -0.4 is 10.1 Å². The first-order valence-corrected chi connectivity index (χ1v) is 9.16. The second-order valence-corrected chi connectivity index (χ2v) is 6.58. The first kappa shape index (κ1) is 19.5. The van der Waals surface area contributed by atoms with Crippen LogP contribution in [0.2, 0.25) is 0 Å². The summed E-state index contributed by atoms with van der Waals surface area (Å²) in [5.41, 5.74) is 3.05. The van der Waals surface area contributed by atoms with Crippen molar-refractivity contribution >= 4 is 18.0 Å². The second-order valence-electron chi connectivity index (χ2n) is 6.58. The van der Waals surface area contributed by atoms with Crippen molar-refractivity contribution in [3.63, 3.8) is 0 Å². The zero-order valence-electron chi connectivity index (χ0n) is 15.7. The monoisotopic (exact) mass is 381 g/mol. The van der Waals surface area contributed by atoms with Gasteiger partial charge in [-0.15, -0.1) is 0 Å². The predicted octanol–water partition coefficient (Wildman–Crippen LogP) is 3.15. The third-order valence-electron chi connectivity index (χ3n) is 4.67. The molecule has 0 radical (unpaired) electrons. The summed E-state index contributed by atoms with van der Waals surface area (Å²) in [6, 6.07) is 12.7. The molecule has 2 N–H and O–H groups in total. The third-order valence-corrected chi connectivity index (χ3v) is 4.67. The van der Waals surface area contributed by atoms with Crippen molar-refractivity contribution in [3.8, 4) is 11.5 Å². The Labute approximate surface area is 163 Å². The van der Waals surface area contributed by atoms with Gasteiger partial charge in [-0.3, -0.25) is 4.79 Å². The Morgan fingerprint density at radius 2 is 2.07 bits per heavy atom. The van der Waals surface area contributed by atoms with E-state index in [2.05, 4.69) is 11.4 Å². The lowest BCUT2D eigenvalue weighted by atomic mass is 9.88. The number of hydrogen-bond acceptors (Lipinski definition) is 5. The van der Waals surface area contributed by atoms with Crippen molar-refractivity contribution in [2.45, 2.75) is 25.3 Å². The smallest absolute Gasteiger partial charge is 0.331 e. The molecule has 2 aromatic rings. The quantitative estimate of drug-likeness (QED) is 0.593. The number of phenolic OH excluding ortho intramolecular Hbond substituents is 1. The molecule has 28 heavy (non-hydrogen) atoms. The zero-order chi connectivity index (χ0) is 19.9. The van der Waals surface area contributed by atoms with Crippen LogP contribution in [-0.4, -0.2) is 30.7 Å². The van der Waals surface area contributed by atoms with E-state index in [-0.39, 0.29) is 24.3 Å². The summed E-state index contributed by atoms with van der Waals surface area (Å²) >= 11 is 0. The number of carbonyl (C=O) groups is 2. The molecule has 0 bridgehead atoms. The molecule has 3 rings (SSSR count). The standard InChI is InChI=1S/C22H23NO5/c1-27-20-13-15(9-11-19(20)24)10-12-22(26)28-14-21(25)23-18-8-4-6-16-5-2-3-7-17(16)18/h2-3,5,7,9-13,18,24H,4,6,8,14H2,1H3,(H,23,25). The molecule has 0 heterocycles. The lowest BCUT2D eigenvalue weighted by Crippen LogP contribution is -2.34. The molecule has 6 nitrogen and oxygen atoms in total. The Morgan fingerprint density at radius 1 is 1.25 bits per heavy atom. The topological polar surface area (TPSA) is 84.9 Å². The first-order valence-electron chi connectivity index (χ1n) is 9.16. The van der Waals surface area contributed by atoms with E-state index in [1.54, 1.807) is 12.1 Å². The molecule has 0 aromatic heterocycles. The number of benzene rings is 2. The van der Waals surface area contributed by atoms with E-state index in [4.69, 9.17) is 9.47 Å². The molecule has 0 spiro atoms. The zero-order valence-corrected chi connectivity index (χ0v) is 15.7. The average molecular weight is 381 g/mol. The van der Waals surface area contributed by atoms with Gasteiger partial charge >= 0.3 is 5.97 Å². The van der Waals surface area contributed by atoms with Gasteiger partial charge in [0.2, 0.25) is 0 Å². The van der Waals surface area contributed by atoms with Crippen LogP contribution in [0.15, 0.2) is 48.5 Å². The minimum absolute atomic E-state index is 0.0168. The Kier molecular flexibility index (Phi) is 6.32. The highest BCUT2D eigenvalue weighted by Gasteiger charge is 2.21. The van der Waals surface area contributed by atoms with E-state index in [1.165, 1.54) is 30.9 Å². The molecule has 1 atom stereocenters. The number of ether oxygens (including phenoxy) is 2. The summed E-state index contributed by atoms with van der Waals surface area (Å²) in [4.78, 5) is 24.0. The Hall–Kier alpha value is -3.28. The Balaban J connectivity index is 1.50. The molecule has 6 heteroatoms. The largest absolute Gasteiger partial charge is 0.504 e. The van der Waals surface area contributed by atoms with Crippen molar-refractivity contribution in [1.82, 2.24) is 5.32 Å². The number of phenols is 1. The van der Waals surface area contributed by atoms with Crippen LogP contribution in [-0.2, 0) is 20.7 Å². The Bertz CT molecular complexity index is 890. The van der Waals surface area contributed by atoms with Crippen molar-refractivity contribution in [2.24, 2.45) is 0 Å². The fraction of sp³-hybridized carbons (Fsp3) is 0.273. The fourth-order valence-electron chi connectivity index (χ4n) is 3.29. The summed E-state index contributed by atoms with van der Waals surface area (Å²) in [5, 5.41) is 12.5. The number of rotatable bonds is 6. The maximum absolute atomic E-state index is 12.2. The highest BCUT2D eigenvalue weighted by molar-refractivity contribution is 5.89. The van der Waals surface area contributed by atoms with Gasteiger partial charge in [-0.1, -0.05) is 30.3 Å². The molecule has 0 saturated carbocycles. The molecular weight excluding hydrogens is 358 g/mol. The number of methoxy groups -OCH3 is 1. The van der Waals surface area contributed by atoms with Gasteiger partial charge in [0.1, 0.15) is 0 Å². The van der Waals surface area contributed by atoms with Gasteiger partial charge in [-0.2, -0.15) is 0 Å². The van der Waals surface area contributed by atoms with Crippen LogP contribution in [0, 0.1) is 0 Å². The van der Waals surface area contributed by atoms with E-state index in [0.29, 0.717) is 11.3 Å². The summed E-state index contributed by atoms with van der Waals surface area (Å²) in [7, 11) is 1.44. The molecule has 1 unspecified atom stereocenters. The summed E-state index contributed by atoms with van der Waals surface area (Å²) in [6.45, 7) is -0.333. The molecule has 2 aromatic carbocycles. The van der Waals surface area contributed by atoms with E-state index < -0.39 is 5.97 Å². The number of hydrogen-bond donors (Lipinski definition) is 2. The molecule has 1 amide bonds. The average Bonchev–Trinajstić information content (AvgIpc) is 2.72. The minimum atomic E-state index is -0.619. The van der Waals surface area contributed by atoms with Crippen molar-refractivity contribution in [3.05, 3.63) is 65.2 Å². The van der Waals surface area contributed by atoms with Gasteiger partial charge in [-0.05, 0) is 54.2 Å². The Morgan fingerprint density at radius 3 is 2.89 bits per heavy atom. The van der Waals surface area contributed by atoms with E-state index >= 15 is 0 Å². The van der Waals surface area contributed by atoms with E-state index in [9.17, 15) is 14.7 Å². The lowest BCUT2D eigenvalue weighted by molar-refractivity contribution is -0.144. The number of amides is 1. The fourth-order valence-corrected chi connectivity index (χ4v) is 3.29. The van der Waals surface area contributed by atoms with Crippen LogP contribution in [0.25, 0.3) is 6.08 Å². The minimum Gasteiger partial charge on any atom is -0.504 e. The van der Waals surface area contributed by atoms with Crippen molar-refractivity contribution in [2.75, 3.05) is 13.7 Å². The van der Waals surface area contributed by atoms with Crippen LogP contribution in [0.1, 0.15) is 35.6 Å². The number of aromatic hydroxyl groups is 1. The van der Waals surface area contributed by atoms with Gasteiger partial charge < -0.3 is 19.9 Å². The molecule has 0 saturated heterocycles. The number of carbonyl (C=O) groups excluding carboxylic acids is 2. The van der Waals surface area contributed by atoms with Gasteiger partial charge in [-0.25, -0.2) is 4.79 Å². The SMILES string of the molecule is COc1cc(C=CC(=O)OCC(=O)NC2CCCc3ccccc32)ccc1O. The molecular formula is C22H23NO5. The van der Waals surface area contributed by atoms with Crippen molar-refractivity contribution < 1.29 is 24.2 Å². The normalized spacial score (nSPS) is 15.7. The number of aryl methyl sites for hydroxylation is 1. The van der Waals surface area contributed by atoms with E-state index in [0.717, 1.165) is 24.8 Å². The maximum atomic E-state index is 12.2. The summed E-state index contributed by atoms with van der Waals surface area (Å²) in [6.07, 6.45) is 5.67. The van der Waals surface area contributed by atoms with Gasteiger partial charge in [0, 0.05) is 6.08 Å². The lowest BCUT2D eigenvalue weighted by Gasteiger charge is -2.26.